The summed E-state index contributed by atoms with van der Waals surface area (Å²) >= 11 is 1.61. The molecule has 1 aromatic heterocycles. The van der Waals surface area contributed by atoms with E-state index in [0.29, 0.717) is 5.56 Å². The third-order valence-corrected chi connectivity index (χ3v) is 5.60. The molecule has 3 aromatic rings. The van der Waals surface area contributed by atoms with Crippen LogP contribution in [0.5, 0.6) is 0 Å². The first-order chi connectivity index (χ1) is 13.1. The minimum atomic E-state index is -0.410. The van der Waals surface area contributed by atoms with Gasteiger partial charge in [-0.25, -0.2) is 9.37 Å². The Bertz CT molecular complexity index is 931. The van der Waals surface area contributed by atoms with Gasteiger partial charge in [-0.15, -0.1) is 11.3 Å². The third kappa shape index (κ3) is 3.78. The van der Waals surface area contributed by atoms with Gasteiger partial charge in [0.1, 0.15) is 5.82 Å². The predicted octanol–water partition coefficient (Wildman–Crippen LogP) is 3.37. The highest BCUT2D eigenvalue weighted by molar-refractivity contribution is 7.14. The van der Waals surface area contributed by atoms with Crippen molar-refractivity contribution in [1.82, 2.24) is 4.98 Å². The Labute approximate surface area is 160 Å². The average molecular weight is 382 g/mol. The van der Waals surface area contributed by atoms with Crippen LogP contribution in [0, 0.1) is 5.82 Å². The lowest BCUT2D eigenvalue weighted by Gasteiger charge is -2.36. The molecule has 1 saturated heterocycles. The lowest BCUT2D eigenvalue weighted by atomic mass is 10.1. The number of anilines is 2. The number of benzene rings is 2. The van der Waals surface area contributed by atoms with E-state index in [9.17, 15) is 9.18 Å². The topological polar surface area (TPSA) is 62.5 Å². The van der Waals surface area contributed by atoms with Crippen molar-refractivity contribution in [3.05, 3.63) is 65.3 Å². The number of amides is 1. The Morgan fingerprint density at radius 1 is 0.963 bits per heavy atom. The molecule has 5 nitrogen and oxygen atoms in total. The number of hydrogen-bond donors (Lipinski definition) is 1. The summed E-state index contributed by atoms with van der Waals surface area (Å²) in [6, 6.07) is 13.8. The van der Waals surface area contributed by atoms with E-state index in [1.54, 1.807) is 35.6 Å². The second-order valence-corrected chi connectivity index (χ2v) is 7.24. The lowest BCUT2D eigenvalue weighted by Crippen LogP contribution is -2.46. The number of hydrogen-bond acceptors (Lipinski definition) is 5. The van der Waals surface area contributed by atoms with Crippen LogP contribution < -0.4 is 15.5 Å². The van der Waals surface area contributed by atoms with Crippen LogP contribution in [0.15, 0.2) is 53.9 Å². The molecule has 0 radical (unpaired) electrons. The summed E-state index contributed by atoms with van der Waals surface area (Å²) in [7, 11) is 0. The van der Waals surface area contributed by atoms with E-state index in [1.807, 2.05) is 17.5 Å². The molecule has 0 aliphatic carbocycles. The van der Waals surface area contributed by atoms with Gasteiger partial charge in [-0.1, -0.05) is 0 Å². The fourth-order valence-electron chi connectivity index (χ4n) is 3.16. The number of thiazole rings is 1. The van der Waals surface area contributed by atoms with Gasteiger partial charge in [0.05, 0.1) is 5.69 Å². The molecule has 27 heavy (non-hydrogen) atoms. The van der Waals surface area contributed by atoms with Crippen molar-refractivity contribution in [1.29, 1.82) is 0 Å². The minimum Gasteiger partial charge on any atom is -0.368 e. The van der Waals surface area contributed by atoms with Crippen molar-refractivity contribution >= 4 is 28.1 Å². The van der Waals surface area contributed by atoms with Gasteiger partial charge in [0.2, 0.25) is 5.91 Å². The monoisotopic (exact) mass is 382 g/mol. The average Bonchev–Trinajstić information content (AvgIpc) is 3.19. The molecule has 0 atom stereocenters. The molecule has 2 heterocycles. The summed E-state index contributed by atoms with van der Waals surface area (Å²) < 4.78 is 13.1. The van der Waals surface area contributed by atoms with Crippen LogP contribution in [0.2, 0.25) is 0 Å². The molecule has 1 aliphatic heterocycles. The number of piperazine rings is 1. The van der Waals surface area contributed by atoms with Gasteiger partial charge in [-0.05, 0) is 48.5 Å². The molecule has 138 valence electrons. The van der Waals surface area contributed by atoms with Crippen molar-refractivity contribution in [3.63, 3.8) is 0 Å². The zero-order valence-corrected chi connectivity index (χ0v) is 15.5. The quantitative estimate of drug-likeness (QED) is 0.751. The number of carbonyl (C=O) groups is 1. The summed E-state index contributed by atoms with van der Waals surface area (Å²) in [5.41, 5.74) is 8.70. The molecular weight excluding hydrogens is 363 g/mol. The van der Waals surface area contributed by atoms with E-state index >= 15 is 0 Å². The largest absolute Gasteiger partial charge is 0.368 e. The van der Waals surface area contributed by atoms with Crippen LogP contribution in [0.4, 0.5) is 15.2 Å². The van der Waals surface area contributed by atoms with Gasteiger partial charge in [-0.2, -0.15) is 0 Å². The van der Waals surface area contributed by atoms with Crippen molar-refractivity contribution in [2.75, 3.05) is 36.0 Å². The standard InChI is InChI=1S/C20H19FN4OS/c21-16-5-1-14(2-6-16)18-13-27-20(23-18)25-11-9-24(10-12-25)17-7-3-15(4-8-17)19(22)26/h1-8,13H,9-12H2,(H2,22,26). The Morgan fingerprint density at radius 2 is 1.59 bits per heavy atom. The molecule has 0 bridgehead atoms. The maximum atomic E-state index is 13.1. The number of carbonyl (C=O) groups excluding carboxylic acids is 1. The Kier molecular flexibility index (Phi) is 4.77. The highest BCUT2D eigenvalue weighted by Gasteiger charge is 2.20. The zero-order valence-electron chi connectivity index (χ0n) is 14.6. The molecule has 4 rings (SSSR count). The summed E-state index contributed by atoms with van der Waals surface area (Å²) in [6.45, 7) is 3.49. The van der Waals surface area contributed by atoms with E-state index < -0.39 is 5.91 Å². The zero-order chi connectivity index (χ0) is 18.8. The minimum absolute atomic E-state index is 0.241. The molecule has 0 spiro atoms. The van der Waals surface area contributed by atoms with Crippen molar-refractivity contribution in [3.8, 4) is 11.3 Å². The number of aromatic nitrogens is 1. The fourth-order valence-corrected chi connectivity index (χ4v) is 4.04. The molecule has 2 N–H and O–H groups in total. The number of rotatable bonds is 4. The summed E-state index contributed by atoms with van der Waals surface area (Å²) in [6.07, 6.45) is 0. The van der Waals surface area contributed by atoms with Crippen LogP contribution >= 0.6 is 11.3 Å². The van der Waals surface area contributed by atoms with Gasteiger partial charge in [0, 0.05) is 48.4 Å². The smallest absolute Gasteiger partial charge is 0.248 e. The first kappa shape index (κ1) is 17.5. The van der Waals surface area contributed by atoms with E-state index in [2.05, 4.69) is 9.80 Å². The predicted molar refractivity (Wildman–Crippen MR) is 107 cm³/mol. The second-order valence-electron chi connectivity index (χ2n) is 6.41. The maximum absolute atomic E-state index is 13.1. The third-order valence-electron chi connectivity index (χ3n) is 4.70. The molecule has 7 heteroatoms. The molecular formula is C20H19FN4OS. The summed E-state index contributed by atoms with van der Waals surface area (Å²) in [5, 5.41) is 3.00. The molecule has 0 saturated carbocycles. The van der Waals surface area contributed by atoms with Crippen molar-refractivity contribution in [2.24, 2.45) is 5.73 Å². The van der Waals surface area contributed by atoms with Crippen LogP contribution in [-0.4, -0.2) is 37.1 Å². The van der Waals surface area contributed by atoms with E-state index in [4.69, 9.17) is 10.7 Å². The highest BCUT2D eigenvalue weighted by Crippen LogP contribution is 2.29. The van der Waals surface area contributed by atoms with Gasteiger partial charge in [-0.3, -0.25) is 4.79 Å². The van der Waals surface area contributed by atoms with E-state index in [0.717, 1.165) is 48.3 Å². The molecule has 1 amide bonds. The second kappa shape index (κ2) is 7.36. The maximum Gasteiger partial charge on any atom is 0.248 e. The molecule has 0 unspecified atom stereocenters. The Morgan fingerprint density at radius 3 is 2.22 bits per heavy atom. The van der Waals surface area contributed by atoms with Crippen molar-refractivity contribution < 1.29 is 9.18 Å². The first-order valence-electron chi connectivity index (χ1n) is 8.71. The number of halogens is 1. The van der Waals surface area contributed by atoms with Gasteiger partial charge >= 0.3 is 0 Å². The Hall–Kier alpha value is -2.93. The van der Waals surface area contributed by atoms with Crippen LogP contribution in [0.25, 0.3) is 11.3 Å². The Balaban J connectivity index is 1.40. The van der Waals surface area contributed by atoms with E-state index in [1.165, 1.54) is 12.1 Å². The molecule has 2 aromatic carbocycles. The van der Waals surface area contributed by atoms with E-state index in [-0.39, 0.29) is 5.82 Å². The van der Waals surface area contributed by atoms with Gasteiger partial charge in [0.15, 0.2) is 5.13 Å². The number of nitrogens with zero attached hydrogens (tertiary/aromatic N) is 3. The SMILES string of the molecule is NC(=O)c1ccc(N2CCN(c3nc(-c4ccc(F)cc4)cs3)CC2)cc1. The number of nitrogens with two attached hydrogens (primary N) is 1. The first-order valence-corrected chi connectivity index (χ1v) is 9.59. The normalized spacial score (nSPS) is 14.4. The van der Waals surface area contributed by atoms with Crippen LogP contribution in [-0.2, 0) is 0 Å². The summed E-state index contributed by atoms with van der Waals surface area (Å²) in [5.74, 6) is -0.652. The van der Waals surface area contributed by atoms with Crippen LogP contribution in [0.3, 0.4) is 0 Å². The molecule has 1 aliphatic rings. The van der Waals surface area contributed by atoms with Gasteiger partial charge < -0.3 is 15.5 Å². The summed E-state index contributed by atoms with van der Waals surface area (Å²) in [4.78, 5) is 20.5. The van der Waals surface area contributed by atoms with Crippen LogP contribution in [0.1, 0.15) is 10.4 Å². The van der Waals surface area contributed by atoms with Gasteiger partial charge in [0.25, 0.3) is 0 Å². The number of primary amides is 1. The fraction of sp³-hybridized carbons (Fsp3) is 0.200. The lowest BCUT2D eigenvalue weighted by molar-refractivity contribution is 0.100. The molecule has 1 fully saturated rings. The highest BCUT2D eigenvalue weighted by atomic mass is 32.1. The van der Waals surface area contributed by atoms with Crippen molar-refractivity contribution in [2.45, 2.75) is 0 Å².